The van der Waals surface area contributed by atoms with E-state index in [2.05, 4.69) is 5.32 Å². The third kappa shape index (κ3) is 3.18. The van der Waals surface area contributed by atoms with Crippen molar-refractivity contribution in [1.82, 2.24) is 10.2 Å². The summed E-state index contributed by atoms with van der Waals surface area (Å²) < 4.78 is 5.17. The van der Waals surface area contributed by atoms with Gasteiger partial charge in [0, 0.05) is 24.6 Å². The Balaban J connectivity index is 1.56. The first-order chi connectivity index (χ1) is 13.0. The summed E-state index contributed by atoms with van der Waals surface area (Å²) in [6.07, 6.45) is 2.48. The quantitative estimate of drug-likeness (QED) is 0.887. The minimum Gasteiger partial charge on any atom is -0.497 e. The molecule has 2 aromatic rings. The van der Waals surface area contributed by atoms with Crippen LogP contribution in [0.1, 0.15) is 41.3 Å². The number of hydrogen-bond donors (Lipinski definition) is 1. The lowest BCUT2D eigenvalue weighted by Crippen LogP contribution is -2.63. The Bertz CT molecular complexity index is 873. The van der Waals surface area contributed by atoms with Crippen LogP contribution in [0, 0.1) is 0 Å². The van der Waals surface area contributed by atoms with Gasteiger partial charge in [0.05, 0.1) is 7.11 Å². The minimum absolute atomic E-state index is 0.0264. The summed E-state index contributed by atoms with van der Waals surface area (Å²) in [6, 6.07) is 15.4. The molecule has 2 aromatic carbocycles. The predicted octanol–water partition coefficient (Wildman–Crippen LogP) is 2.93. The lowest BCUT2D eigenvalue weighted by Gasteiger charge is -2.44. The summed E-state index contributed by atoms with van der Waals surface area (Å²) >= 11 is 0. The van der Waals surface area contributed by atoms with Crippen LogP contribution in [0.5, 0.6) is 5.75 Å². The lowest BCUT2D eigenvalue weighted by molar-refractivity contribution is -0.132. The van der Waals surface area contributed by atoms with E-state index in [1.165, 1.54) is 0 Å². The van der Waals surface area contributed by atoms with Crippen LogP contribution in [-0.4, -0.2) is 35.4 Å². The molecule has 0 aromatic heterocycles. The molecule has 2 amide bonds. The summed E-state index contributed by atoms with van der Waals surface area (Å²) in [6.45, 7) is 2.31. The molecule has 4 rings (SSSR count). The van der Waals surface area contributed by atoms with Gasteiger partial charge in [0.15, 0.2) is 0 Å². The van der Waals surface area contributed by atoms with Crippen LogP contribution in [0.2, 0.25) is 0 Å². The van der Waals surface area contributed by atoms with Gasteiger partial charge in [-0.3, -0.25) is 9.59 Å². The number of hydrogen-bond acceptors (Lipinski definition) is 3. The number of nitrogens with one attached hydrogen (secondary N) is 1. The largest absolute Gasteiger partial charge is 0.497 e. The first kappa shape index (κ1) is 17.6. The average Bonchev–Trinajstić information content (AvgIpc) is 3.51. The number of carbonyl (C=O) groups excluding carboxylic acids is 2. The van der Waals surface area contributed by atoms with Gasteiger partial charge in [-0.1, -0.05) is 30.3 Å². The highest BCUT2D eigenvalue weighted by molar-refractivity contribution is 6.02. The van der Waals surface area contributed by atoms with Crippen LogP contribution in [-0.2, 0) is 17.8 Å². The van der Waals surface area contributed by atoms with Crippen molar-refractivity contribution < 1.29 is 14.3 Å². The van der Waals surface area contributed by atoms with E-state index in [1.807, 2.05) is 60.4 Å². The van der Waals surface area contributed by atoms with Gasteiger partial charge in [-0.25, -0.2) is 0 Å². The van der Waals surface area contributed by atoms with E-state index >= 15 is 0 Å². The normalized spacial score (nSPS) is 21.6. The molecule has 1 fully saturated rings. The number of benzene rings is 2. The van der Waals surface area contributed by atoms with Crippen molar-refractivity contribution in [2.24, 2.45) is 0 Å². The molecule has 0 unspecified atom stereocenters. The Morgan fingerprint density at radius 3 is 2.56 bits per heavy atom. The van der Waals surface area contributed by atoms with Gasteiger partial charge < -0.3 is 15.0 Å². The van der Waals surface area contributed by atoms with E-state index in [0.717, 1.165) is 35.3 Å². The Kier molecular flexibility index (Phi) is 4.38. The van der Waals surface area contributed by atoms with Crippen molar-refractivity contribution in [1.29, 1.82) is 0 Å². The highest BCUT2D eigenvalue weighted by Crippen LogP contribution is 2.40. The summed E-state index contributed by atoms with van der Waals surface area (Å²) in [7, 11) is 1.63. The molecule has 0 bridgehead atoms. The van der Waals surface area contributed by atoms with Crippen LogP contribution in [0.25, 0.3) is 0 Å². The molecule has 1 atom stereocenters. The van der Waals surface area contributed by atoms with Crippen molar-refractivity contribution in [3.63, 3.8) is 0 Å². The molecule has 27 heavy (non-hydrogen) atoms. The molecule has 5 nitrogen and oxygen atoms in total. The fourth-order valence-corrected chi connectivity index (χ4v) is 3.90. The number of amides is 2. The van der Waals surface area contributed by atoms with Crippen molar-refractivity contribution in [3.05, 3.63) is 65.2 Å². The van der Waals surface area contributed by atoms with Crippen molar-refractivity contribution in [3.8, 4) is 5.75 Å². The van der Waals surface area contributed by atoms with Gasteiger partial charge in [0.25, 0.3) is 5.91 Å². The second-order valence-corrected chi connectivity index (χ2v) is 7.54. The maximum Gasteiger partial charge on any atom is 0.255 e. The van der Waals surface area contributed by atoms with E-state index in [0.29, 0.717) is 13.0 Å². The van der Waals surface area contributed by atoms with Crippen LogP contribution < -0.4 is 10.1 Å². The summed E-state index contributed by atoms with van der Waals surface area (Å²) in [5, 5.41) is 3.04. The van der Waals surface area contributed by atoms with Gasteiger partial charge in [0.1, 0.15) is 11.3 Å². The fraction of sp³-hybridized carbons (Fsp3) is 0.364. The molecule has 1 aliphatic carbocycles. The molecule has 0 spiro atoms. The number of methoxy groups -OCH3 is 1. The first-order valence-electron chi connectivity index (χ1n) is 9.36. The third-order valence-electron chi connectivity index (χ3n) is 5.55. The van der Waals surface area contributed by atoms with Crippen LogP contribution in [0.15, 0.2) is 48.5 Å². The van der Waals surface area contributed by atoms with E-state index in [1.54, 1.807) is 7.11 Å². The minimum atomic E-state index is -0.862. The standard InChI is InChI=1S/C22H24N2O3/c1-22(21(26)23-14-15-7-11-18(27-2)12-8-15)13-16-5-3-4-6-19(16)20(25)24(22)17-9-10-17/h3-8,11-12,17H,9-10,13-14H2,1-2H3,(H,23,26)/t22-/m0/s1. The lowest BCUT2D eigenvalue weighted by atomic mass is 9.82. The smallest absolute Gasteiger partial charge is 0.255 e. The topological polar surface area (TPSA) is 58.6 Å². The monoisotopic (exact) mass is 364 g/mol. The summed E-state index contributed by atoms with van der Waals surface area (Å²) in [5.41, 5.74) is 1.80. The van der Waals surface area contributed by atoms with Gasteiger partial charge >= 0.3 is 0 Å². The second-order valence-electron chi connectivity index (χ2n) is 7.54. The Hall–Kier alpha value is -2.82. The first-order valence-corrected chi connectivity index (χ1v) is 9.36. The zero-order chi connectivity index (χ0) is 19.0. The van der Waals surface area contributed by atoms with E-state index in [4.69, 9.17) is 4.74 Å². The number of carbonyl (C=O) groups is 2. The summed E-state index contributed by atoms with van der Waals surface area (Å²) in [4.78, 5) is 28.1. The zero-order valence-electron chi connectivity index (χ0n) is 15.7. The van der Waals surface area contributed by atoms with E-state index in [-0.39, 0.29) is 17.9 Å². The molecule has 0 radical (unpaired) electrons. The molecule has 5 heteroatoms. The molecule has 0 saturated heterocycles. The van der Waals surface area contributed by atoms with Gasteiger partial charge in [0.2, 0.25) is 5.91 Å². The maximum absolute atomic E-state index is 13.2. The third-order valence-corrected chi connectivity index (χ3v) is 5.55. The number of fused-ring (bicyclic) bond motifs is 1. The van der Waals surface area contributed by atoms with Crippen molar-refractivity contribution in [2.45, 2.75) is 44.3 Å². The summed E-state index contributed by atoms with van der Waals surface area (Å²) in [5.74, 6) is 0.654. The molecular formula is C22H24N2O3. The molecule has 2 aliphatic rings. The number of rotatable bonds is 5. The van der Waals surface area contributed by atoms with Crippen molar-refractivity contribution >= 4 is 11.8 Å². The van der Waals surface area contributed by atoms with Crippen molar-refractivity contribution in [2.75, 3.05) is 7.11 Å². The Labute approximate surface area is 159 Å². The fourth-order valence-electron chi connectivity index (χ4n) is 3.90. The van der Waals surface area contributed by atoms with Gasteiger partial charge in [-0.05, 0) is 49.1 Å². The molecule has 1 aliphatic heterocycles. The van der Waals surface area contributed by atoms with Crippen LogP contribution in [0.4, 0.5) is 0 Å². The van der Waals surface area contributed by atoms with Gasteiger partial charge in [-0.2, -0.15) is 0 Å². The molecule has 1 heterocycles. The number of ether oxygens (including phenoxy) is 1. The SMILES string of the molecule is COc1ccc(CNC(=O)[C@]2(C)Cc3ccccc3C(=O)N2C2CC2)cc1. The molecule has 1 N–H and O–H groups in total. The number of nitrogens with zero attached hydrogens (tertiary/aromatic N) is 1. The highest BCUT2D eigenvalue weighted by atomic mass is 16.5. The molecule has 1 saturated carbocycles. The Morgan fingerprint density at radius 2 is 1.89 bits per heavy atom. The molecule has 140 valence electrons. The highest BCUT2D eigenvalue weighted by Gasteiger charge is 2.51. The van der Waals surface area contributed by atoms with Crippen LogP contribution >= 0.6 is 0 Å². The Morgan fingerprint density at radius 1 is 1.19 bits per heavy atom. The van der Waals surface area contributed by atoms with Gasteiger partial charge in [-0.15, -0.1) is 0 Å². The predicted molar refractivity (Wildman–Crippen MR) is 103 cm³/mol. The maximum atomic E-state index is 13.2. The van der Waals surface area contributed by atoms with E-state index in [9.17, 15) is 9.59 Å². The average molecular weight is 364 g/mol. The molecular weight excluding hydrogens is 340 g/mol. The zero-order valence-corrected chi connectivity index (χ0v) is 15.7. The van der Waals surface area contributed by atoms with Crippen LogP contribution in [0.3, 0.4) is 0 Å². The van der Waals surface area contributed by atoms with E-state index < -0.39 is 5.54 Å². The second kappa shape index (κ2) is 6.72.